The molecule has 160 valence electrons. The number of amides is 2. The smallest absolute Gasteiger partial charge is 0.267 e. The number of benzene rings is 2. The average molecular weight is 439 g/mol. The molecule has 0 unspecified atom stereocenters. The summed E-state index contributed by atoms with van der Waals surface area (Å²) in [5.41, 5.74) is 3.00. The highest BCUT2D eigenvalue weighted by molar-refractivity contribution is 6.30. The van der Waals surface area contributed by atoms with Gasteiger partial charge in [0.25, 0.3) is 5.56 Å². The van der Waals surface area contributed by atoms with Crippen molar-refractivity contribution in [1.82, 2.24) is 9.78 Å². The normalized spacial score (nSPS) is 11.6. The van der Waals surface area contributed by atoms with Crippen LogP contribution in [0.2, 0.25) is 5.02 Å². The second kappa shape index (κ2) is 9.57. The highest BCUT2D eigenvalue weighted by Gasteiger charge is 2.18. The predicted molar refractivity (Wildman–Crippen MR) is 122 cm³/mol. The molecule has 0 aliphatic carbocycles. The Morgan fingerprint density at radius 1 is 1.06 bits per heavy atom. The molecule has 3 rings (SSSR count). The van der Waals surface area contributed by atoms with Gasteiger partial charge in [0.1, 0.15) is 6.04 Å². The summed E-state index contributed by atoms with van der Waals surface area (Å²) in [5.74, 6) is -0.473. The minimum atomic E-state index is -0.840. The van der Waals surface area contributed by atoms with Gasteiger partial charge in [0.05, 0.1) is 5.69 Å². The minimum Gasteiger partial charge on any atom is -0.326 e. The largest absolute Gasteiger partial charge is 0.326 e. The first-order chi connectivity index (χ1) is 14.8. The van der Waals surface area contributed by atoms with E-state index in [1.165, 1.54) is 6.07 Å². The summed E-state index contributed by atoms with van der Waals surface area (Å²) in [6.07, 6.45) is 0.368. The van der Waals surface area contributed by atoms with Gasteiger partial charge >= 0.3 is 0 Å². The Kier molecular flexibility index (Phi) is 6.87. The zero-order chi connectivity index (χ0) is 22.5. The van der Waals surface area contributed by atoms with Crippen LogP contribution in [0.1, 0.15) is 31.9 Å². The standard InChI is InChI=1S/C23H23ClN4O3/c1-4-21(29)26-20-13-16(6-5-14(20)2)19-11-12-22(30)28(27-19)15(3)23(31)25-18-9-7-17(24)8-10-18/h5-13,15H,4H2,1-3H3,(H,25,31)(H,26,29)/t15-/m0/s1. The van der Waals surface area contributed by atoms with E-state index in [2.05, 4.69) is 15.7 Å². The first kappa shape index (κ1) is 22.2. The summed E-state index contributed by atoms with van der Waals surface area (Å²) in [6, 6.07) is 14.3. The van der Waals surface area contributed by atoms with Crippen LogP contribution in [-0.2, 0) is 9.59 Å². The molecule has 0 spiro atoms. The number of halogens is 1. The van der Waals surface area contributed by atoms with Crippen LogP contribution in [0.3, 0.4) is 0 Å². The topological polar surface area (TPSA) is 93.1 Å². The van der Waals surface area contributed by atoms with Crippen molar-refractivity contribution < 1.29 is 9.59 Å². The molecule has 31 heavy (non-hydrogen) atoms. The number of aromatic nitrogens is 2. The molecule has 0 fully saturated rings. The number of hydrogen-bond acceptors (Lipinski definition) is 4. The molecule has 0 aliphatic heterocycles. The van der Waals surface area contributed by atoms with E-state index in [-0.39, 0.29) is 11.8 Å². The molecule has 2 amide bonds. The van der Waals surface area contributed by atoms with Crippen molar-refractivity contribution in [2.24, 2.45) is 0 Å². The van der Waals surface area contributed by atoms with Crippen LogP contribution in [0.25, 0.3) is 11.3 Å². The van der Waals surface area contributed by atoms with Crippen LogP contribution in [0.5, 0.6) is 0 Å². The fourth-order valence-corrected chi connectivity index (χ4v) is 3.03. The molecule has 1 atom stereocenters. The molecule has 8 heteroatoms. The third-order valence-corrected chi connectivity index (χ3v) is 5.06. The van der Waals surface area contributed by atoms with Crippen molar-refractivity contribution in [3.8, 4) is 11.3 Å². The van der Waals surface area contributed by atoms with E-state index in [4.69, 9.17) is 11.6 Å². The summed E-state index contributed by atoms with van der Waals surface area (Å²) in [6.45, 7) is 5.28. The van der Waals surface area contributed by atoms with Crippen LogP contribution in [0.15, 0.2) is 59.4 Å². The Morgan fingerprint density at radius 2 is 1.77 bits per heavy atom. The number of carbonyl (C=O) groups is 2. The number of anilines is 2. The Balaban J connectivity index is 1.88. The molecule has 1 aromatic heterocycles. The van der Waals surface area contributed by atoms with Gasteiger partial charge in [-0.1, -0.05) is 30.7 Å². The maximum atomic E-state index is 12.7. The molecule has 1 heterocycles. The zero-order valence-corrected chi connectivity index (χ0v) is 18.2. The Morgan fingerprint density at radius 3 is 2.45 bits per heavy atom. The lowest BCUT2D eigenvalue weighted by Crippen LogP contribution is -2.33. The van der Waals surface area contributed by atoms with E-state index in [9.17, 15) is 14.4 Å². The van der Waals surface area contributed by atoms with Gasteiger partial charge in [-0.25, -0.2) is 4.68 Å². The highest BCUT2D eigenvalue weighted by atomic mass is 35.5. The lowest BCUT2D eigenvalue weighted by molar-refractivity contribution is -0.119. The molecule has 2 aromatic carbocycles. The SMILES string of the molecule is CCC(=O)Nc1cc(-c2ccc(=O)n([C@@H](C)C(=O)Nc3ccc(Cl)cc3)n2)ccc1C. The second-order valence-corrected chi connectivity index (χ2v) is 7.54. The number of nitrogens with one attached hydrogen (secondary N) is 2. The van der Waals surface area contributed by atoms with Crippen molar-refractivity contribution in [3.05, 3.63) is 75.5 Å². The molecule has 7 nitrogen and oxygen atoms in total. The molecule has 2 N–H and O–H groups in total. The van der Waals surface area contributed by atoms with Crippen LogP contribution in [0, 0.1) is 6.92 Å². The van der Waals surface area contributed by atoms with Crippen LogP contribution in [-0.4, -0.2) is 21.6 Å². The van der Waals surface area contributed by atoms with Crippen LogP contribution >= 0.6 is 11.6 Å². The van der Waals surface area contributed by atoms with Gasteiger partial charge in [-0.15, -0.1) is 0 Å². The van der Waals surface area contributed by atoms with Gasteiger partial charge < -0.3 is 10.6 Å². The summed E-state index contributed by atoms with van der Waals surface area (Å²) in [5, 5.41) is 10.6. The Bertz CT molecular complexity index is 1170. The molecule has 0 saturated carbocycles. The van der Waals surface area contributed by atoms with Gasteiger partial charge in [0.2, 0.25) is 11.8 Å². The summed E-state index contributed by atoms with van der Waals surface area (Å²) in [4.78, 5) is 36.8. The van der Waals surface area contributed by atoms with Crippen molar-refractivity contribution >= 4 is 34.8 Å². The quantitative estimate of drug-likeness (QED) is 0.595. The molecule has 0 bridgehead atoms. The second-order valence-electron chi connectivity index (χ2n) is 7.10. The summed E-state index contributed by atoms with van der Waals surface area (Å²) in [7, 11) is 0. The van der Waals surface area contributed by atoms with Gasteiger partial charge in [-0.05, 0) is 55.8 Å². The van der Waals surface area contributed by atoms with E-state index >= 15 is 0 Å². The van der Waals surface area contributed by atoms with Gasteiger partial charge in [0.15, 0.2) is 0 Å². The maximum absolute atomic E-state index is 12.7. The van der Waals surface area contributed by atoms with Crippen LogP contribution < -0.4 is 16.2 Å². The fourth-order valence-electron chi connectivity index (χ4n) is 2.90. The maximum Gasteiger partial charge on any atom is 0.267 e. The number of rotatable bonds is 6. The van der Waals surface area contributed by atoms with Crippen molar-refractivity contribution in [2.45, 2.75) is 33.2 Å². The zero-order valence-electron chi connectivity index (χ0n) is 17.5. The minimum absolute atomic E-state index is 0.0920. The molecule has 3 aromatic rings. The highest BCUT2D eigenvalue weighted by Crippen LogP contribution is 2.24. The van der Waals surface area contributed by atoms with E-state index in [1.54, 1.807) is 50.2 Å². The van der Waals surface area contributed by atoms with E-state index in [0.717, 1.165) is 15.8 Å². The molecule has 0 aliphatic rings. The van der Waals surface area contributed by atoms with E-state index < -0.39 is 11.6 Å². The first-order valence-corrected chi connectivity index (χ1v) is 10.2. The molecule has 0 radical (unpaired) electrons. The first-order valence-electron chi connectivity index (χ1n) is 9.85. The lowest BCUT2D eigenvalue weighted by Gasteiger charge is -2.16. The predicted octanol–water partition coefficient (Wildman–Crippen LogP) is 4.42. The molecular weight excluding hydrogens is 416 g/mol. The summed E-state index contributed by atoms with van der Waals surface area (Å²) < 4.78 is 1.14. The number of nitrogens with zero attached hydrogens (tertiary/aromatic N) is 2. The summed E-state index contributed by atoms with van der Waals surface area (Å²) >= 11 is 5.87. The van der Waals surface area contributed by atoms with Gasteiger partial charge in [-0.3, -0.25) is 14.4 Å². The van der Waals surface area contributed by atoms with Crippen molar-refractivity contribution in [3.63, 3.8) is 0 Å². The lowest BCUT2D eigenvalue weighted by atomic mass is 10.1. The number of carbonyl (C=O) groups excluding carboxylic acids is 2. The number of aryl methyl sites for hydroxylation is 1. The fraction of sp³-hybridized carbons (Fsp3) is 0.217. The monoisotopic (exact) mass is 438 g/mol. The number of hydrogen-bond donors (Lipinski definition) is 2. The molecule has 0 saturated heterocycles. The Labute approximate surface area is 185 Å². The Hall–Kier alpha value is -3.45. The van der Waals surface area contributed by atoms with Crippen molar-refractivity contribution in [1.29, 1.82) is 0 Å². The molecular formula is C23H23ClN4O3. The van der Waals surface area contributed by atoms with E-state index in [0.29, 0.717) is 28.5 Å². The average Bonchev–Trinajstić information content (AvgIpc) is 2.76. The van der Waals surface area contributed by atoms with Crippen molar-refractivity contribution in [2.75, 3.05) is 10.6 Å². The van der Waals surface area contributed by atoms with Gasteiger partial charge in [0, 0.05) is 34.4 Å². The van der Waals surface area contributed by atoms with Gasteiger partial charge in [-0.2, -0.15) is 5.10 Å². The third-order valence-electron chi connectivity index (χ3n) is 4.81. The van der Waals surface area contributed by atoms with Crippen LogP contribution in [0.4, 0.5) is 11.4 Å². The third kappa shape index (κ3) is 5.38. The van der Waals surface area contributed by atoms with E-state index in [1.807, 2.05) is 19.1 Å².